The summed E-state index contributed by atoms with van der Waals surface area (Å²) in [5, 5.41) is 2.70. The number of benzene rings is 1. The van der Waals surface area contributed by atoms with Gasteiger partial charge in [0, 0.05) is 13.3 Å². The van der Waals surface area contributed by atoms with Crippen molar-refractivity contribution in [1.29, 1.82) is 0 Å². The monoisotopic (exact) mass is 289 g/mol. The molecule has 0 radical (unpaired) electrons. The summed E-state index contributed by atoms with van der Waals surface area (Å²) in [5.41, 5.74) is 1.25. The Bertz CT molecular complexity index is 463. The van der Waals surface area contributed by atoms with Crippen molar-refractivity contribution >= 4 is 17.8 Å². The molecule has 21 heavy (non-hydrogen) atoms. The van der Waals surface area contributed by atoms with E-state index < -0.39 is 0 Å². The number of allylic oxidation sites excluding steroid dienone is 1. The van der Waals surface area contributed by atoms with E-state index in [4.69, 9.17) is 0 Å². The van der Waals surface area contributed by atoms with Gasteiger partial charge in [-0.3, -0.25) is 9.59 Å². The van der Waals surface area contributed by atoms with Crippen molar-refractivity contribution in [2.24, 2.45) is 5.92 Å². The maximum absolute atomic E-state index is 11.8. The zero-order valence-corrected chi connectivity index (χ0v) is 13.8. The summed E-state index contributed by atoms with van der Waals surface area (Å²) in [7, 11) is 0. The molecule has 0 aromatic heterocycles. The topological polar surface area (TPSA) is 46.2 Å². The van der Waals surface area contributed by atoms with Crippen LogP contribution in [-0.2, 0) is 9.59 Å². The number of hydrogen-bond donors (Lipinski definition) is 1. The van der Waals surface area contributed by atoms with Gasteiger partial charge in [0.15, 0.2) is 5.78 Å². The third-order valence-corrected chi connectivity index (χ3v) is 2.99. The van der Waals surface area contributed by atoms with E-state index in [-0.39, 0.29) is 11.7 Å². The van der Waals surface area contributed by atoms with E-state index in [0.29, 0.717) is 18.0 Å². The molecule has 3 nitrogen and oxygen atoms in total. The number of hydrogen-bond acceptors (Lipinski definition) is 2. The Morgan fingerprint density at radius 1 is 1.19 bits per heavy atom. The Labute approximate surface area is 128 Å². The van der Waals surface area contributed by atoms with Crippen LogP contribution in [0.2, 0.25) is 0 Å². The molecule has 1 aromatic rings. The molecule has 1 atom stereocenters. The van der Waals surface area contributed by atoms with Gasteiger partial charge in [-0.05, 0) is 17.6 Å². The van der Waals surface area contributed by atoms with Crippen LogP contribution in [-0.4, -0.2) is 11.7 Å². The first-order valence-electron chi connectivity index (χ1n) is 7.60. The zero-order valence-electron chi connectivity index (χ0n) is 13.8. The smallest absolute Gasteiger partial charge is 0.224 e. The molecule has 0 spiro atoms. The average Bonchev–Trinajstić information content (AvgIpc) is 2.49. The van der Waals surface area contributed by atoms with Crippen molar-refractivity contribution < 1.29 is 9.59 Å². The summed E-state index contributed by atoms with van der Waals surface area (Å²) in [4.78, 5) is 23.4. The molecular weight excluding hydrogens is 262 g/mol. The Morgan fingerprint density at radius 2 is 1.76 bits per heavy atom. The van der Waals surface area contributed by atoms with Crippen molar-refractivity contribution in [2.45, 2.75) is 47.5 Å². The minimum atomic E-state index is -0.138. The number of carbonyl (C=O) groups is 2. The molecule has 0 aliphatic carbocycles. The molecule has 1 rings (SSSR count). The fourth-order valence-electron chi connectivity index (χ4n) is 1.60. The van der Waals surface area contributed by atoms with Crippen LogP contribution in [0, 0.1) is 5.92 Å². The summed E-state index contributed by atoms with van der Waals surface area (Å²) in [6.07, 6.45) is 3.10. The molecule has 0 aliphatic rings. The van der Waals surface area contributed by atoms with Gasteiger partial charge in [-0.15, -0.1) is 0 Å². The first-order valence-corrected chi connectivity index (χ1v) is 7.60. The minimum Gasteiger partial charge on any atom is -0.323 e. The normalized spacial score (nSPS) is 12.0. The van der Waals surface area contributed by atoms with E-state index in [0.717, 1.165) is 12.0 Å². The van der Waals surface area contributed by atoms with E-state index in [2.05, 4.69) is 5.32 Å². The summed E-state index contributed by atoms with van der Waals surface area (Å²) in [6.45, 7) is 9.52. The van der Waals surface area contributed by atoms with Crippen molar-refractivity contribution in [2.75, 3.05) is 0 Å². The summed E-state index contributed by atoms with van der Waals surface area (Å²) in [5.74, 6) is 0.0815. The molecule has 0 bridgehead atoms. The number of ketones is 1. The fourth-order valence-corrected chi connectivity index (χ4v) is 1.60. The summed E-state index contributed by atoms with van der Waals surface area (Å²) in [6, 6.07) is 9.48. The largest absolute Gasteiger partial charge is 0.323 e. The van der Waals surface area contributed by atoms with Crippen LogP contribution in [0.5, 0.6) is 0 Å². The Morgan fingerprint density at radius 3 is 2.24 bits per heavy atom. The predicted molar refractivity (Wildman–Crippen MR) is 88.7 cm³/mol. The maximum Gasteiger partial charge on any atom is 0.224 e. The van der Waals surface area contributed by atoms with Crippen LogP contribution in [0.25, 0.3) is 6.08 Å². The zero-order chi connectivity index (χ0) is 16.3. The van der Waals surface area contributed by atoms with E-state index in [1.54, 1.807) is 6.08 Å². The molecule has 1 amide bonds. The van der Waals surface area contributed by atoms with Crippen LogP contribution in [0.15, 0.2) is 36.0 Å². The molecular formula is C18H27NO2. The highest BCUT2D eigenvalue weighted by Crippen LogP contribution is 2.09. The first-order chi connectivity index (χ1) is 10.0. The Kier molecular flexibility index (Phi) is 9.86. The Hall–Kier alpha value is -1.90. The number of nitrogens with one attached hydrogen (secondary N) is 1. The highest BCUT2D eigenvalue weighted by molar-refractivity contribution is 6.01. The first kappa shape index (κ1) is 19.1. The van der Waals surface area contributed by atoms with Gasteiger partial charge in [0.1, 0.15) is 0 Å². The number of amides is 1. The van der Waals surface area contributed by atoms with Crippen LogP contribution < -0.4 is 5.32 Å². The second kappa shape index (κ2) is 10.8. The summed E-state index contributed by atoms with van der Waals surface area (Å²) < 4.78 is 0. The maximum atomic E-state index is 11.8. The lowest BCUT2D eigenvalue weighted by Gasteiger charge is -2.10. The molecule has 0 saturated carbocycles. The Balaban J connectivity index is 0.00000191. The second-order valence-corrected chi connectivity index (χ2v) is 4.79. The van der Waals surface area contributed by atoms with Gasteiger partial charge in [-0.25, -0.2) is 0 Å². The fraction of sp³-hybridized carbons (Fsp3) is 0.444. The third kappa shape index (κ3) is 8.08. The quantitative estimate of drug-likeness (QED) is 0.798. The number of rotatable bonds is 6. The van der Waals surface area contributed by atoms with Crippen molar-refractivity contribution in [3.63, 3.8) is 0 Å². The molecule has 3 heteroatoms. The van der Waals surface area contributed by atoms with Gasteiger partial charge in [-0.2, -0.15) is 0 Å². The van der Waals surface area contributed by atoms with E-state index in [9.17, 15) is 9.59 Å². The van der Waals surface area contributed by atoms with Crippen LogP contribution in [0.1, 0.15) is 53.0 Å². The molecule has 0 heterocycles. The molecule has 1 unspecified atom stereocenters. The minimum absolute atomic E-state index is 0.105. The SMILES string of the molecule is CC.CCC(C)CC(=O)N/C(=C\c1ccccc1)C(C)=O. The predicted octanol–water partition coefficient (Wildman–Crippen LogP) is 4.20. The standard InChI is InChI=1S/C16H21NO2.C2H6/c1-4-12(2)10-16(19)17-15(13(3)18)11-14-8-6-5-7-9-14;1-2/h5-9,11-12H,4,10H2,1-3H3,(H,17,19);1-2H3/b15-11-;. The van der Waals surface area contributed by atoms with Crippen molar-refractivity contribution in [1.82, 2.24) is 5.32 Å². The van der Waals surface area contributed by atoms with Crippen LogP contribution in [0.3, 0.4) is 0 Å². The summed E-state index contributed by atoms with van der Waals surface area (Å²) >= 11 is 0. The molecule has 0 aliphatic heterocycles. The van der Waals surface area contributed by atoms with E-state index in [1.807, 2.05) is 58.0 Å². The highest BCUT2D eigenvalue weighted by atomic mass is 16.2. The molecule has 1 N–H and O–H groups in total. The number of carbonyl (C=O) groups excluding carboxylic acids is 2. The van der Waals surface area contributed by atoms with Crippen LogP contribution >= 0.6 is 0 Å². The van der Waals surface area contributed by atoms with Gasteiger partial charge < -0.3 is 5.32 Å². The lowest BCUT2D eigenvalue weighted by atomic mass is 10.0. The van der Waals surface area contributed by atoms with Crippen LogP contribution in [0.4, 0.5) is 0 Å². The van der Waals surface area contributed by atoms with Gasteiger partial charge in [0.25, 0.3) is 0 Å². The molecule has 0 saturated heterocycles. The lowest BCUT2D eigenvalue weighted by Crippen LogP contribution is -2.27. The second-order valence-electron chi connectivity index (χ2n) is 4.79. The molecule has 0 fully saturated rings. The molecule has 116 valence electrons. The third-order valence-electron chi connectivity index (χ3n) is 2.99. The highest BCUT2D eigenvalue weighted by Gasteiger charge is 2.11. The molecule has 1 aromatic carbocycles. The van der Waals surface area contributed by atoms with Gasteiger partial charge in [0.2, 0.25) is 5.91 Å². The van der Waals surface area contributed by atoms with Crippen molar-refractivity contribution in [3.05, 3.63) is 41.6 Å². The average molecular weight is 289 g/mol. The van der Waals surface area contributed by atoms with Gasteiger partial charge in [-0.1, -0.05) is 64.4 Å². The van der Waals surface area contributed by atoms with Gasteiger partial charge >= 0.3 is 0 Å². The van der Waals surface area contributed by atoms with Crippen molar-refractivity contribution in [3.8, 4) is 0 Å². The number of Topliss-reactive ketones (excluding diaryl/α,β-unsaturated/α-hetero) is 1. The lowest BCUT2D eigenvalue weighted by molar-refractivity contribution is -0.123. The van der Waals surface area contributed by atoms with E-state index >= 15 is 0 Å². The van der Waals surface area contributed by atoms with Gasteiger partial charge in [0.05, 0.1) is 5.70 Å². The van der Waals surface area contributed by atoms with E-state index in [1.165, 1.54) is 6.92 Å².